The van der Waals surface area contributed by atoms with Crippen molar-refractivity contribution in [3.8, 4) is 0 Å². The van der Waals surface area contributed by atoms with Crippen LogP contribution in [0.25, 0.3) is 0 Å². The molecule has 2 rings (SSSR count). The van der Waals surface area contributed by atoms with Crippen molar-refractivity contribution in [2.45, 2.75) is 39.5 Å². The summed E-state index contributed by atoms with van der Waals surface area (Å²) in [7, 11) is 0. The molecule has 0 aliphatic carbocycles. The third-order valence-corrected chi connectivity index (χ3v) is 3.62. The van der Waals surface area contributed by atoms with Crippen LogP contribution in [0.4, 0.5) is 18.9 Å². The molecule has 1 aliphatic heterocycles. The van der Waals surface area contributed by atoms with Crippen molar-refractivity contribution < 1.29 is 27.5 Å². The lowest BCUT2D eigenvalue weighted by Gasteiger charge is -2.19. The van der Waals surface area contributed by atoms with E-state index in [1.165, 1.54) is 12.1 Å². The molecule has 1 fully saturated rings. The summed E-state index contributed by atoms with van der Waals surface area (Å²) >= 11 is 0. The quantitative estimate of drug-likeness (QED) is 0.900. The van der Waals surface area contributed by atoms with Crippen LogP contribution >= 0.6 is 0 Å². The van der Waals surface area contributed by atoms with Gasteiger partial charge in [0.2, 0.25) is 5.91 Å². The molecule has 0 spiro atoms. The van der Waals surface area contributed by atoms with E-state index in [4.69, 9.17) is 4.74 Å². The Labute approximate surface area is 144 Å². The second-order valence-corrected chi connectivity index (χ2v) is 7.14. The molecule has 2 amide bonds. The molecule has 1 N–H and O–H groups in total. The van der Waals surface area contributed by atoms with Crippen LogP contribution in [0.15, 0.2) is 24.3 Å². The second-order valence-electron chi connectivity index (χ2n) is 7.14. The average Bonchev–Trinajstić information content (AvgIpc) is 2.85. The number of nitrogens with zero attached hydrogens (tertiary/aromatic N) is 1. The van der Waals surface area contributed by atoms with Crippen LogP contribution in [0.3, 0.4) is 0 Å². The third-order valence-electron chi connectivity index (χ3n) is 3.62. The summed E-state index contributed by atoms with van der Waals surface area (Å²) in [5, 5.41) is 2.72. The van der Waals surface area contributed by atoms with Gasteiger partial charge in [0, 0.05) is 12.2 Å². The van der Waals surface area contributed by atoms with Crippen LogP contribution in [0, 0.1) is 5.41 Å². The Hall–Kier alpha value is -2.09. The van der Waals surface area contributed by atoms with Crippen molar-refractivity contribution in [3.63, 3.8) is 0 Å². The van der Waals surface area contributed by atoms with Crippen molar-refractivity contribution in [1.82, 2.24) is 5.32 Å². The molecular weight excluding hydrogens is 337 g/mol. The molecule has 1 unspecified atom stereocenters. The summed E-state index contributed by atoms with van der Waals surface area (Å²) in [5.74, 6) is -0.857. The molecule has 1 aromatic carbocycles. The van der Waals surface area contributed by atoms with Gasteiger partial charge >= 0.3 is 6.18 Å². The molecule has 0 saturated carbocycles. The van der Waals surface area contributed by atoms with Gasteiger partial charge in [0.25, 0.3) is 5.91 Å². The Morgan fingerprint density at radius 3 is 2.60 bits per heavy atom. The van der Waals surface area contributed by atoms with Gasteiger partial charge in [-0.15, -0.1) is 0 Å². The fraction of sp³-hybridized carbons (Fsp3) is 0.529. The van der Waals surface area contributed by atoms with E-state index >= 15 is 0 Å². The Kier molecular flexibility index (Phi) is 5.41. The molecule has 1 saturated heterocycles. The number of anilines is 1. The zero-order chi connectivity index (χ0) is 18.8. The van der Waals surface area contributed by atoms with Gasteiger partial charge in [0.1, 0.15) is 12.8 Å². The normalized spacial score (nSPS) is 18.6. The summed E-state index contributed by atoms with van der Waals surface area (Å²) in [6.45, 7) is 6.14. The SMILES string of the molecule is CC(C)(C)CNC(=O)CC1OCN(c2cccc(C(F)(F)F)c2)C1=O. The molecule has 0 radical (unpaired) electrons. The Bertz CT molecular complexity index is 653. The van der Waals surface area contributed by atoms with Crippen LogP contribution in [0.5, 0.6) is 0 Å². The largest absolute Gasteiger partial charge is 0.416 e. The zero-order valence-electron chi connectivity index (χ0n) is 14.3. The van der Waals surface area contributed by atoms with Crippen molar-refractivity contribution in [3.05, 3.63) is 29.8 Å². The van der Waals surface area contributed by atoms with Crippen molar-refractivity contribution in [2.75, 3.05) is 18.2 Å². The minimum Gasteiger partial charge on any atom is -0.355 e. The first-order valence-electron chi connectivity index (χ1n) is 7.84. The molecule has 0 bridgehead atoms. The smallest absolute Gasteiger partial charge is 0.355 e. The Balaban J connectivity index is 2.01. The number of benzene rings is 1. The summed E-state index contributed by atoms with van der Waals surface area (Å²) in [6, 6.07) is 4.46. The highest BCUT2D eigenvalue weighted by Gasteiger charge is 2.37. The van der Waals surface area contributed by atoms with E-state index in [0.717, 1.165) is 17.0 Å². The average molecular weight is 358 g/mol. The predicted molar refractivity (Wildman–Crippen MR) is 85.8 cm³/mol. The number of halogens is 3. The Morgan fingerprint density at radius 2 is 2.00 bits per heavy atom. The molecule has 25 heavy (non-hydrogen) atoms. The zero-order valence-corrected chi connectivity index (χ0v) is 14.3. The lowest BCUT2D eigenvalue weighted by Crippen LogP contribution is -2.37. The third kappa shape index (κ3) is 5.19. The highest BCUT2D eigenvalue weighted by atomic mass is 19.4. The summed E-state index contributed by atoms with van der Waals surface area (Å²) in [5.41, 5.74) is -0.845. The number of carbonyl (C=O) groups is 2. The monoisotopic (exact) mass is 358 g/mol. The van der Waals surface area contributed by atoms with Gasteiger partial charge in [0.05, 0.1) is 12.0 Å². The number of ether oxygens (including phenoxy) is 1. The fourth-order valence-electron chi connectivity index (χ4n) is 2.28. The molecule has 0 aromatic heterocycles. The molecule has 1 heterocycles. The first-order chi connectivity index (χ1) is 11.5. The highest BCUT2D eigenvalue weighted by molar-refractivity contribution is 6.00. The maximum absolute atomic E-state index is 12.8. The maximum Gasteiger partial charge on any atom is 0.416 e. The summed E-state index contributed by atoms with van der Waals surface area (Å²) in [6.07, 6.45) is -5.65. The number of amides is 2. The topological polar surface area (TPSA) is 58.6 Å². The molecule has 5 nitrogen and oxygen atoms in total. The van der Waals surface area contributed by atoms with E-state index in [1.54, 1.807) is 0 Å². The predicted octanol–water partition coefficient (Wildman–Crippen LogP) is 2.95. The van der Waals surface area contributed by atoms with E-state index in [2.05, 4.69) is 5.32 Å². The van der Waals surface area contributed by atoms with Crippen LogP contribution in [0.1, 0.15) is 32.8 Å². The molecule has 8 heteroatoms. The summed E-state index contributed by atoms with van der Waals surface area (Å²) < 4.78 is 43.7. The van der Waals surface area contributed by atoms with Crippen molar-refractivity contribution in [2.24, 2.45) is 5.41 Å². The van der Waals surface area contributed by atoms with Crippen LogP contribution in [-0.2, 0) is 20.5 Å². The molecule has 1 aromatic rings. The Morgan fingerprint density at radius 1 is 1.32 bits per heavy atom. The van der Waals surface area contributed by atoms with E-state index in [1.807, 2.05) is 20.8 Å². The van der Waals surface area contributed by atoms with Gasteiger partial charge in [-0.2, -0.15) is 13.2 Å². The number of hydrogen-bond donors (Lipinski definition) is 1. The van der Waals surface area contributed by atoms with E-state index in [9.17, 15) is 22.8 Å². The first-order valence-corrected chi connectivity index (χ1v) is 7.84. The van der Waals surface area contributed by atoms with Crippen molar-refractivity contribution in [1.29, 1.82) is 0 Å². The van der Waals surface area contributed by atoms with E-state index in [-0.39, 0.29) is 30.2 Å². The number of alkyl halides is 3. The van der Waals surface area contributed by atoms with Gasteiger partial charge in [-0.25, -0.2) is 0 Å². The van der Waals surface area contributed by atoms with Gasteiger partial charge in [0.15, 0.2) is 0 Å². The molecule has 1 aliphatic rings. The molecule has 1 atom stereocenters. The van der Waals surface area contributed by atoms with E-state index in [0.29, 0.717) is 6.54 Å². The van der Waals surface area contributed by atoms with Crippen LogP contribution in [-0.4, -0.2) is 31.2 Å². The molecule has 138 valence electrons. The lowest BCUT2D eigenvalue weighted by atomic mass is 9.97. The number of rotatable bonds is 4. The standard InChI is InChI=1S/C17H21F3N2O3/c1-16(2,3)9-21-14(23)8-13-15(24)22(10-25-13)12-6-4-5-11(7-12)17(18,19)20/h4-7,13H,8-10H2,1-3H3,(H,21,23). The van der Waals surface area contributed by atoms with Crippen LogP contribution in [0.2, 0.25) is 0 Å². The van der Waals surface area contributed by atoms with Gasteiger partial charge < -0.3 is 10.1 Å². The van der Waals surface area contributed by atoms with E-state index < -0.39 is 23.8 Å². The van der Waals surface area contributed by atoms with Gasteiger partial charge in [-0.1, -0.05) is 26.8 Å². The number of carbonyl (C=O) groups excluding carboxylic acids is 2. The minimum atomic E-state index is -4.49. The number of nitrogens with one attached hydrogen (secondary N) is 1. The highest BCUT2D eigenvalue weighted by Crippen LogP contribution is 2.32. The maximum atomic E-state index is 12.8. The van der Waals surface area contributed by atoms with Crippen LogP contribution < -0.4 is 10.2 Å². The summed E-state index contributed by atoms with van der Waals surface area (Å²) in [4.78, 5) is 25.4. The fourth-order valence-corrected chi connectivity index (χ4v) is 2.28. The molecular formula is C17H21F3N2O3. The lowest BCUT2D eigenvalue weighted by molar-refractivity contribution is -0.137. The first kappa shape index (κ1) is 19.2. The number of hydrogen-bond acceptors (Lipinski definition) is 3. The minimum absolute atomic E-state index is 0.0948. The van der Waals surface area contributed by atoms with Crippen molar-refractivity contribution >= 4 is 17.5 Å². The van der Waals surface area contributed by atoms with Gasteiger partial charge in [-0.3, -0.25) is 14.5 Å². The van der Waals surface area contributed by atoms with Gasteiger partial charge in [-0.05, 0) is 23.6 Å². The second kappa shape index (κ2) is 7.03.